The van der Waals surface area contributed by atoms with Crippen LogP contribution in [0.4, 0.5) is 0 Å². The van der Waals surface area contributed by atoms with Gasteiger partial charge in [-0.05, 0) is 31.9 Å². The minimum atomic E-state index is -0.797. The van der Waals surface area contributed by atoms with E-state index in [2.05, 4.69) is 5.32 Å². The molecule has 120 valence electrons. The van der Waals surface area contributed by atoms with Crippen LogP contribution in [-0.4, -0.2) is 47.1 Å². The average Bonchev–Trinajstić information content (AvgIpc) is 2.42. The van der Waals surface area contributed by atoms with Gasteiger partial charge >= 0.3 is 5.97 Å². The summed E-state index contributed by atoms with van der Waals surface area (Å²) < 4.78 is 0. The Morgan fingerprint density at radius 3 is 2.45 bits per heavy atom. The van der Waals surface area contributed by atoms with Gasteiger partial charge in [0.05, 0.1) is 13.0 Å². The molecule has 0 aromatic heterocycles. The van der Waals surface area contributed by atoms with E-state index < -0.39 is 5.97 Å². The highest BCUT2D eigenvalue weighted by molar-refractivity contribution is 5.79. The molecular weight excluding hydrogens is 280 g/mol. The normalized spacial score (nSPS) is 20.5. The van der Waals surface area contributed by atoms with Crippen LogP contribution in [0.1, 0.15) is 30.9 Å². The molecule has 1 aromatic rings. The van der Waals surface area contributed by atoms with Gasteiger partial charge in [0.25, 0.3) is 0 Å². The van der Waals surface area contributed by atoms with Crippen LogP contribution in [0, 0.1) is 6.92 Å². The zero-order valence-electron chi connectivity index (χ0n) is 13.2. The SMILES string of the molecule is CCN(CC(=O)O)C1CC(NC(=O)Cc2ccc(C)cc2)C1. The Labute approximate surface area is 131 Å². The maximum Gasteiger partial charge on any atom is 0.317 e. The summed E-state index contributed by atoms with van der Waals surface area (Å²) in [6, 6.07) is 8.41. The Kier molecular flexibility index (Phi) is 5.55. The summed E-state index contributed by atoms with van der Waals surface area (Å²) in [6.07, 6.45) is 2.07. The van der Waals surface area contributed by atoms with Crippen molar-refractivity contribution in [2.75, 3.05) is 13.1 Å². The molecule has 2 N–H and O–H groups in total. The molecular formula is C17H24N2O3. The molecule has 5 heteroatoms. The predicted molar refractivity (Wildman–Crippen MR) is 84.7 cm³/mol. The van der Waals surface area contributed by atoms with Crippen LogP contribution in [0.3, 0.4) is 0 Å². The minimum Gasteiger partial charge on any atom is -0.480 e. The van der Waals surface area contributed by atoms with Crippen molar-refractivity contribution in [3.63, 3.8) is 0 Å². The molecule has 0 radical (unpaired) electrons. The topological polar surface area (TPSA) is 69.6 Å². The van der Waals surface area contributed by atoms with Crippen LogP contribution < -0.4 is 5.32 Å². The molecule has 0 atom stereocenters. The first kappa shape index (κ1) is 16.5. The number of nitrogens with one attached hydrogen (secondary N) is 1. The van der Waals surface area contributed by atoms with E-state index in [1.54, 1.807) is 0 Å². The van der Waals surface area contributed by atoms with E-state index in [0.29, 0.717) is 6.42 Å². The number of nitrogens with zero attached hydrogens (tertiary/aromatic N) is 1. The summed E-state index contributed by atoms with van der Waals surface area (Å²) >= 11 is 0. The fourth-order valence-corrected chi connectivity index (χ4v) is 2.85. The maximum atomic E-state index is 12.0. The Morgan fingerprint density at radius 1 is 1.27 bits per heavy atom. The van der Waals surface area contributed by atoms with Gasteiger partial charge < -0.3 is 10.4 Å². The number of carbonyl (C=O) groups is 2. The number of amides is 1. The van der Waals surface area contributed by atoms with E-state index in [1.165, 1.54) is 5.56 Å². The van der Waals surface area contributed by atoms with Crippen molar-refractivity contribution >= 4 is 11.9 Å². The summed E-state index contributed by atoms with van der Waals surface area (Å²) in [5.41, 5.74) is 2.20. The summed E-state index contributed by atoms with van der Waals surface area (Å²) in [5.74, 6) is -0.762. The monoisotopic (exact) mass is 304 g/mol. The number of hydrogen-bond donors (Lipinski definition) is 2. The molecule has 1 fully saturated rings. The number of hydrogen-bond acceptors (Lipinski definition) is 3. The van der Waals surface area contributed by atoms with E-state index in [9.17, 15) is 9.59 Å². The van der Waals surface area contributed by atoms with E-state index in [1.807, 2.05) is 43.0 Å². The fourth-order valence-electron chi connectivity index (χ4n) is 2.85. The van der Waals surface area contributed by atoms with Crippen LogP contribution in [0.5, 0.6) is 0 Å². The van der Waals surface area contributed by atoms with Crippen molar-refractivity contribution in [2.45, 2.75) is 45.2 Å². The van der Waals surface area contributed by atoms with Gasteiger partial charge in [-0.15, -0.1) is 0 Å². The first-order valence-corrected chi connectivity index (χ1v) is 7.78. The van der Waals surface area contributed by atoms with Crippen LogP contribution in [-0.2, 0) is 16.0 Å². The molecule has 1 amide bonds. The molecule has 0 bridgehead atoms. The molecule has 0 unspecified atom stereocenters. The van der Waals surface area contributed by atoms with E-state index in [0.717, 1.165) is 24.9 Å². The van der Waals surface area contributed by atoms with E-state index in [-0.39, 0.29) is 24.5 Å². The lowest BCUT2D eigenvalue weighted by molar-refractivity contribution is -0.139. The lowest BCUT2D eigenvalue weighted by atomic mass is 9.85. The van der Waals surface area contributed by atoms with Crippen LogP contribution in [0.15, 0.2) is 24.3 Å². The first-order valence-electron chi connectivity index (χ1n) is 7.78. The number of carboxylic acids is 1. The molecule has 0 saturated heterocycles. The number of rotatable bonds is 7. The van der Waals surface area contributed by atoms with Crippen molar-refractivity contribution in [2.24, 2.45) is 0 Å². The molecule has 1 aliphatic carbocycles. The van der Waals surface area contributed by atoms with Gasteiger partial charge in [-0.3, -0.25) is 14.5 Å². The second kappa shape index (κ2) is 7.40. The average molecular weight is 304 g/mol. The third-order valence-electron chi connectivity index (χ3n) is 4.22. The fraction of sp³-hybridized carbons (Fsp3) is 0.529. The van der Waals surface area contributed by atoms with Gasteiger partial charge in [0.1, 0.15) is 0 Å². The molecule has 1 aromatic carbocycles. The Balaban J connectivity index is 1.73. The largest absolute Gasteiger partial charge is 0.480 e. The van der Waals surface area contributed by atoms with Crippen molar-refractivity contribution in [3.8, 4) is 0 Å². The second-order valence-corrected chi connectivity index (χ2v) is 6.01. The summed E-state index contributed by atoms with van der Waals surface area (Å²) in [7, 11) is 0. The smallest absolute Gasteiger partial charge is 0.317 e. The molecule has 22 heavy (non-hydrogen) atoms. The van der Waals surface area contributed by atoms with Crippen molar-refractivity contribution in [3.05, 3.63) is 35.4 Å². The summed E-state index contributed by atoms with van der Waals surface area (Å²) in [6.45, 7) is 4.79. The van der Waals surface area contributed by atoms with E-state index >= 15 is 0 Å². The number of benzene rings is 1. The molecule has 0 heterocycles. The summed E-state index contributed by atoms with van der Waals surface area (Å²) in [4.78, 5) is 24.7. The second-order valence-electron chi connectivity index (χ2n) is 6.01. The van der Waals surface area contributed by atoms with Crippen LogP contribution in [0.25, 0.3) is 0 Å². The standard InChI is InChI=1S/C17H24N2O3/c1-3-19(11-17(21)22)15-9-14(10-15)18-16(20)8-13-6-4-12(2)5-7-13/h4-7,14-15H,3,8-11H2,1-2H3,(H,18,20)(H,21,22). The highest BCUT2D eigenvalue weighted by Gasteiger charge is 2.34. The zero-order valence-corrected chi connectivity index (χ0v) is 13.2. The molecule has 0 aliphatic heterocycles. The Morgan fingerprint density at radius 2 is 1.91 bits per heavy atom. The predicted octanol–water partition coefficient (Wildman–Crippen LogP) is 1.59. The molecule has 5 nitrogen and oxygen atoms in total. The molecule has 1 saturated carbocycles. The number of aliphatic carboxylic acids is 1. The van der Waals surface area contributed by atoms with Crippen molar-refractivity contribution < 1.29 is 14.7 Å². The lowest BCUT2D eigenvalue weighted by Gasteiger charge is -2.42. The Hall–Kier alpha value is -1.88. The highest BCUT2D eigenvalue weighted by atomic mass is 16.4. The quantitative estimate of drug-likeness (QED) is 0.802. The lowest BCUT2D eigenvalue weighted by Crippen LogP contribution is -2.55. The first-order chi connectivity index (χ1) is 10.5. The van der Waals surface area contributed by atoms with Gasteiger partial charge in [0, 0.05) is 12.1 Å². The third-order valence-corrected chi connectivity index (χ3v) is 4.22. The van der Waals surface area contributed by atoms with Gasteiger partial charge in [-0.2, -0.15) is 0 Å². The van der Waals surface area contributed by atoms with Crippen LogP contribution >= 0.6 is 0 Å². The van der Waals surface area contributed by atoms with Gasteiger partial charge in [0.2, 0.25) is 5.91 Å². The molecule has 2 rings (SSSR count). The van der Waals surface area contributed by atoms with Gasteiger partial charge in [-0.25, -0.2) is 0 Å². The van der Waals surface area contributed by atoms with Gasteiger partial charge in [0.15, 0.2) is 0 Å². The van der Waals surface area contributed by atoms with E-state index in [4.69, 9.17) is 5.11 Å². The number of carbonyl (C=O) groups excluding carboxylic acids is 1. The third kappa shape index (κ3) is 4.56. The van der Waals surface area contributed by atoms with Crippen molar-refractivity contribution in [1.82, 2.24) is 10.2 Å². The molecule has 1 aliphatic rings. The Bertz CT molecular complexity index is 521. The van der Waals surface area contributed by atoms with Crippen molar-refractivity contribution in [1.29, 1.82) is 0 Å². The zero-order chi connectivity index (χ0) is 16.1. The van der Waals surface area contributed by atoms with Crippen LogP contribution in [0.2, 0.25) is 0 Å². The highest BCUT2D eigenvalue weighted by Crippen LogP contribution is 2.25. The molecule has 0 spiro atoms. The maximum absolute atomic E-state index is 12.0. The van der Waals surface area contributed by atoms with Gasteiger partial charge in [-0.1, -0.05) is 36.8 Å². The summed E-state index contributed by atoms with van der Waals surface area (Å²) in [5, 5.41) is 11.9. The minimum absolute atomic E-state index is 0.0357. The number of aryl methyl sites for hydroxylation is 1. The number of carboxylic acid groups (broad SMARTS) is 1. The number of likely N-dealkylation sites (N-methyl/N-ethyl adjacent to an activating group) is 1.